The number of ether oxygens (including phenoxy) is 1. The van der Waals surface area contributed by atoms with E-state index in [0.717, 1.165) is 103 Å². The SMILES string of the molecule is CCCCCCCCCCN(CC(N)=O)C(=O)CN(CCCCCCCCCC)C(=O)CN(CCCCCCCCCC)C(=O)CN(CCCCCCCCCC)C(=O)CNC(C)(C)CCOC(C)(C)C. The van der Waals surface area contributed by atoms with E-state index in [2.05, 4.69) is 46.9 Å². The largest absolute Gasteiger partial charge is 0.376 e. The quantitative estimate of drug-likeness (QED) is 0.0577. The van der Waals surface area contributed by atoms with Crippen LogP contribution in [0.25, 0.3) is 0 Å². The minimum atomic E-state index is -0.569. The normalized spacial score (nSPS) is 11.8. The number of primary amides is 1. The second-order valence-electron chi connectivity index (χ2n) is 22.6. The number of unbranched alkanes of at least 4 members (excludes halogenated alkanes) is 28. The number of nitrogens with one attached hydrogen (secondary N) is 1. The molecule has 0 fully saturated rings. The van der Waals surface area contributed by atoms with Gasteiger partial charge in [-0.1, -0.05) is 207 Å². The fraction of sp³-hybridized carbons (Fsp3) is 0.915. The molecular formula is C59H116N6O6. The highest BCUT2D eigenvalue weighted by Gasteiger charge is 2.28. The summed E-state index contributed by atoms with van der Waals surface area (Å²) >= 11 is 0. The zero-order valence-corrected chi connectivity index (χ0v) is 48.2. The first-order chi connectivity index (χ1) is 34.0. The zero-order chi connectivity index (χ0) is 53.0. The van der Waals surface area contributed by atoms with E-state index < -0.39 is 5.91 Å². The second kappa shape index (κ2) is 44.7. The zero-order valence-electron chi connectivity index (χ0n) is 48.2. The van der Waals surface area contributed by atoms with Crippen LogP contribution in [-0.4, -0.2) is 126 Å². The van der Waals surface area contributed by atoms with Gasteiger partial charge in [0.15, 0.2) is 0 Å². The maximum Gasteiger partial charge on any atom is 0.242 e. The number of amides is 5. The molecule has 0 bridgehead atoms. The van der Waals surface area contributed by atoms with Gasteiger partial charge < -0.3 is 35.4 Å². The molecule has 12 heteroatoms. The lowest BCUT2D eigenvalue weighted by Gasteiger charge is -2.32. The van der Waals surface area contributed by atoms with Crippen LogP contribution in [0.3, 0.4) is 0 Å². The monoisotopic (exact) mass is 1000 g/mol. The molecule has 5 amide bonds. The molecule has 0 atom stereocenters. The number of hydrogen-bond donors (Lipinski definition) is 2. The van der Waals surface area contributed by atoms with Crippen molar-refractivity contribution in [1.82, 2.24) is 24.9 Å². The van der Waals surface area contributed by atoms with Gasteiger partial charge in [0.2, 0.25) is 29.5 Å². The molecule has 0 aromatic carbocycles. The van der Waals surface area contributed by atoms with Crippen molar-refractivity contribution >= 4 is 29.5 Å². The van der Waals surface area contributed by atoms with Gasteiger partial charge in [0.25, 0.3) is 0 Å². The Hall–Kier alpha value is -2.73. The van der Waals surface area contributed by atoms with Crippen molar-refractivity contribution in [2.45, 2.75) is 285 Å². The minimum Gasteiger partial charge on any atom is -0.376 e. The molecule has 0 aromatic heterocycles. The van der Waals surface area contributed by atoms with Crippen molar-refractivity contribution in [3.8, 4) is 0 Å². The molecule has 0 saturated heterocycles. The lowest BCUT2D eigenvalue weighted by atomic mass is 10.0. The van der Waals surface area contributed by atoms with Crippen LogP contribution < -0.4 is 11.1 Å². The van der Waals surface area contributed by atoms with Crippen molar-refractivity contribution in [3.63, 3.8) is 0 Å². The molecule has 0 aliphatic carbocycles. The Morgan fingerprint density at radius 1 is 0.380 bits per heavy atom. The molecule has 0 spiro atoms. The van der Waals surface area contributed by atoms with Crippen molar-refractivity contribution < 1.29 is 28.7 Å². The Kier molecular flexibility index (Phi) is 43.0. The van der Waals surface area contributed by atoms with E-state index in [4.69, 9.17) is 10.5 Å². The average Bonchev–Trinajstić information content (AvgIpc) is 3.31. The summed E-state index contributed by atoms with van der Waals surface area (Å²) < 4.78 is 6.00. The van der Waals surface area contributed by atoms with E-state index in [9.17, 15) is 24.0 Å². The van der Waals surface area contributed by atoms with Crippen LogP contribution in [-0.2, 0) is 28.7 Å². The molecule has 3 N–H and O–H groups in total. The van der Waals surface area contributed by atoms with Crippen LogP contribution in [0.4, 0.5) is 0 Å². The summed E-state index contributed by atoms with van der Waals surface area (Å²) in [6.45, 7) is 20.9. The highest BCUT2D eigenvalue weighted by Crippen LogP contribution is 2.16. The maximum atomic E-state index is 14.6. The van der Waals surface area contributed by atoms with Crippen LogP contribution >= 0.6 is 0 Å². The van der Waals surface area contributed by atoms with Gasteiger partial charge in [0, 0.05) is 38.3 Å². The number of nitrogens with two attached hydrogens (primary N) is 1. The van der Waals surface area contributed by atoms with Crippen LogP contribution in [0.5, 0.6) is 0 Å². The molecule has 0 aromatic rings. The highest BCUT2D eigenvalue weighted by atomic mass is 16.5. The molecule has 0 saturated carbocycles. The molecule has 0 heterocycles. The Labute approximate surface area is 438 Å². The molecule has 0 rings (SSSR count). The van der Waals surface area contributed by atoms with Gasteiger partial charge >= 0.3 is 0 Å². The number of carbonyl (C=O) groups is 5. The van der Waals surface area contributed by atoms with E-state index in [1.54, 1.807) is 14.7 Å². The Morgan fingerprint density at radius 3 is 0.901 bits per heavy atom. The van der Waals surface area contributed by atoms with E-state index >= 15 is 0 Å². The fourth-order valence-electron chi connectivity index (χ4n) is 9.02. The summed E-state index contributed by atoms with van der Waals surface area (Å²) in [5.41, 5.74) is 5.07. The van der Waals surface area contributed by atoms with Gasteiger partial charge in [0.05, 0.1) is 38.3 Å². The molecule has 71 heavy (non-hydrogen) atoms. The Bertz CT molecular complexity index is 1340. The summed E-state index contributed by atoms with van der Waals surface area (Å²) in [7, 11) is 0. The summed E-state index contributed by atoms with van der Waals surface area (Å²) in [6, 6.07) is 0. The summed E-state index contributed by atoms with van der Waals surface area (Å²) in [5, 5.41) is 3.46. The summed E-state index contributed by atoms with van der Waals surface area (Å²) in [4.78, 5) is 76.2. The first-order valence-electron chi connectivity index (χ1n) is 29.8. The van der Waals surface area contributed by atoms with Gasteiger partial charge in [0.1, 0.15) is 0 Å². The van der Waals surface area contributed by atoms with Crippen molar-refractivity contribution in [2.24, 2.45) is 5.73 Å². The van der Waals surface area contributed by atoms with Crippen LogP contribution in [0.2, 0.25) is 0 Å². The van der Waals surface area contributed by atoms with Crippen LogP contribution in [0.15, 0.2) is 0 Å². The highest BCUT2D eigenvalue weighted by molar-refractivity contribution is 5.91. The lowest BCUT2D eigenvalue weighted by Crippen LogP contribution is -2.52. The predicted molar refractivity (Wildman–Crippen MR) is 298 cm³/mol. The predicted octanol–water partition coefficient (Wildman–Crippen LogP) is 12.9. The average molecular weight is 1010 g/mol. The Balaban J connectivity index is 6.45. The van der Waals surface area contributed by atoms with Crippen molar-refractivity contribution in [2.75, 3.05) is 65.5 Å². The van der Waals surface area contributed by atoms with Crippen molar-refractivity contribution in [1.29, 1.82) is 0 Å². The lowest BCUT2D eigenvalue weighted by molar-refractivity contribution is -0.146. The smallest absolute Gasteiger partial charge is 0.242 e. The minimum absolute atomic E-state index is 0.0963. The van der Waals surface area contributed by atoms with Gasteiger partial charge in [-0.15, -0.1) is 0 Å². The second-order valence-corrected chi connectivity index (χ2v) is 22.6. The maximum absolute atomic E-state index is 14.6. The number of rotatable bonds is 50. The Morgan fingerprint density at radius 2 is 0.634 bits per heavy atom. The summed E-state index contributed by atoms with van der Waals surface area (Å²) in [6.07, 6.45) is 36.2. The number of hydrogen-bond acceptors (Lipinski definition) is 7. The molecular weight excluding hydrogens is 889 g/mol. The van der Waals surface area contributed by atoms with Crippen molar-refractivity contribution in [3.05, 3.63) is 0 Å². The standard InChI is InChI=1S/C59H116N6O6/c1-10-14-18-22-26-30-34-38-43-62(49-53(60)66)55(68)51-64(45-40-36-32-28-24-20-16-12-3)57(70)52-65(46-41-37-33-29-25-21-17-13-4)56(69)50-63(44-39-35-31-27-23-19-15-11-2)54(67)48-61-59(8,9)42-47-71-58(5,6)7/h61H,10-52H2,1-9H3,(H2,60,66). The van der Waals surface area contributed by atoms with Gasteiger partial charge in [-0.3, -0.25) is 24.0 Å². The summed E-state index contributed by atoms with van der Waals surface area (Å²) in [5.74, 6) is -1.50. The molecule has 418 valence electrons. The third-order valence-corrected chi connectivity index (χ3v) is 13.8. The van der Waals surface area contributed by atoms with Gasteiger partial charge in [-0.25, -0.2) is 0 Å². The molecule has 0 radical (unpaired) electrons. The van der Waals surface area contributed by atoms with E-state index in [0.29, 0.717) is 32.8 Å². The number of nitrogens with zero attached hydrogens (tertiary/aromatic N) is 4. The third kappa shape index (κ3) is 41.3. The fourth-order valence-corrected chi connectivity index (χ4v) is 9.02. The van der Waals surface area contributed by atoms with E-state index in [1.807, 2.05) is 20.8 Å². The topological polar surface area (TPSA) is 146 Å². The number of carbonyl (C=O) groups excluding carboxylic acids is 5. The third-order valence-electron chi connectivity index (χ3n) is 13.8. The molecule has 12 nitrogen and oxygen atoms in total. The molecule has 0 unspecified atom stereocenters. The van der Waals surface area contributed by atoms with E-state index in [1.165, 1.54) is 114 Å². The first-order valence-corrected chi connectivity index (χ1v) is 29.8. The van der Waals surface area contributed by atoms with Gasteiger partial charge in [-0.2, -0.15) is 0 Å². The molecule has 0 aliphatic rings. The first kappa shape index (κ1) is 68.3. The van der Waals surface area contributed by atoms with Gasteiger partial charge in [-0.05, 0) is 66.7 Å². The van der Waals surface area contributed by atoms with E-state index in [-0.39, 0.29) is 67.5 Å². The molecule has 0 aliphatic heterocycles. The van der Waals surface area contributed by atoms with Crippen LogP contribution in [0, 0.1) is 0 Å². The van der Waals surface area contributed by atoms with Crippen LogP contribution in [0.1, 0.15) is 274 Å².